The fourth-order valence-corrected chi connectivity index (χ4v) is 2.29. The van der Waals surface area contributed by atoms with Crippen molar-refractivity contribution in [3.05, 3.63) is 65.2 Å². The lowest BCUT2D eigenvalue weighted by Crippen LogP contribution is -2.29. The minimum Gasteiger partial charge on any atom is -0.351 e. The summed E-state index contributed by atoms with van der Waals surface area (Å²) in [6.07, 6.45) is 0. The first kappa shape index (κ1) is 16.5. The molecule has 23 heavy (non-hydrogen) atoms. The molecule has 0 saturated heterocycles. The van der Waals surface area contributed by atoms with Crippen LogP contribution in [-0.2, 0) is 0 Å². The summed E-state index contributed by atoms with van der Waals surface area (Å²) in [5, 5.41) is 2.47. The smallest absolute Gasteiger partial charge is 0.316 e. The second-order valence-corrected chi connectivity index (χ2v) is 5.57. The van der Waals surface area contributed by atoms with Crippen LogP contribution < -0.4 is 11.1 Å². The number of carbonyl (C=O) groups excluding carboxylic acids is 2. The molecular weight excluding hydrogens is 290 g/mol. The van der Waals surface area contributed by atoms with Gasteiger partial charge in [-0.15, -0.1) is 0 Å². The molecule has 5 nitrogen and oxygen atoms in total. The molecule has 0 aliphatic rings. The van der Waals surface area contributed by atoms with Crippen LogP contribution in [0.3, 0.4) is 0 Å². The van der Waals surface area contributed by atoms with Crippen LogP contribution in [0.5, 0.6) is 0 Å². The molecule has 3 amide bonds. The van der Waals surface area contributed by atoms with Gasteiger partial charge in [-0.1, -0.05) is 29.8 Å². The van der Waals surface area contributed by atoms with Gasteiger partial charge in [0.1, 0.15) is 0 Å². The lowest BCUT2D eigenvalue weighted by molar-refractivity contribution is 0.0742. The third kappa shape index (κ3) is 4.10. The molecule has 0 bridgehead atoms. The van der Waals surface area contributed by atoms with Gasteiger partial charge in [-0.3, -0.25) is 4.79 Å². The summed E-state index contributed by atoms with van der Waals surface area (Å²) >= 11 is 0. The summed E-state index contributed by atoms with van der Waals surface area (Å²) in [4.78, 5) is 25.1. The Balaban J connectivity index is 2.12. The van der Waals surface area contributed by atoms with Gasteiger partial charge in [0.15, 0.2) is 0 Å². The number of anilines is 1. The van der Waals surface area contributed by atoms with Crippen molar-refractivity contribution < 1.29 is 9.59 Å². The molecule has 2 rings (SSSR count). The molecule has 2 aromatic rings. The first-order valence-electron chi connectivity index (χ1n) is 7.38. The summed E-state index contributed by atoms with van der Waals surface area (Å²) in [5.41, 5.74) is 8.44. The summed E-state index contributed by atoms with van der Waals surface area (Å²) in [6, 6.07) is 14.1. The first-order chi connectivity index (χ1) is 10.9. The number of hydrogen-bond acceptors (Lipinski definition) is 2. The van der Waals surface area contributed by atoms with Crippen molar-refractivity contribution in [1.29, 1.82) is 0 Å². The third-order valence-electron chi connectivity index (χ3n) is 3.86. The van der Waals surface area contributed by atoms with Crippen LogP contribution in [-0.4, -0.2) is 23.9 Å². The maximum absolute atomic E-state index is 12.6. The molecule has 0 aliphatic heterocycles. The topological polar surface area (TPSA) is 75.4 Å². The first-order valence-corrected chi connectivity index (χ1v) is 7.38. The average Bonchev–Trinajstić information content (AvgIpc) is 2.53. The van der Waals surface area contributed by atoms with Gasteiger partial charge in [0.2, 0.25) is 0 Å². The largest absolute Gasteiger partial charge is 0.351 e. The lowest BCUT2D eigenvalue weighted by Gasteiger charge is -2.25. The average molecular weight is 311 g/mol. The minimum absolute atomic E-state index is 0.0356. The van der Waals surface area contributed by atoms with Crippen LogP contribution >= 0.6 is 0 Å². The summed E-state index contributed by atoms with van der Waals surface area (Å²) in [5.74, 6) is -0.0799. The van der Waals surface area contributed by atoms with E-state index in [1.54, 1.807) is 36.2 Å². The van der Waals surface area contributed by atoms with Gasteiger partial charge in [-0.25, -0.2) is 4.79 Å². The fraction of sp³-hybridized carbons (Fsp3) is 0.222. The molecule has 120 valence electrons. The number of nitrogens with two attached hydrogens (primary N) is 1. The monoisotopic (exact) mass is 311 g/mol. The van der Waals surface area contributed by atoms with Gasteiger partial charge in [0.25, 0.3) is 5.91 Å². The van der Waals surface area contributed by atoms with E-state index >= 15 is 0 Å². The van der Waals surface area contributed by atoms with E-state index in [0.29, 0.717) is 11.3 Å². The maximum Gasteiger partial charge on any atom is 0.316 e. The minimum atomic E-state index is -0.630. The molecule has 0 aliphatic carbocycles. The molecule has 0 radical (unpaired) electrons. The van der Waals surface area contributed by atoms with Crippen LogP contribution in [0.2, 0.25) is 0 Å². The Bertz CT molecular complexity index is 693. The maximum atomic E-state index is 12.6. The highest BCUT2D eigenvalue weighted by Gasteiger charge is 2.18. The number of aryl methyl sites for hydroxylation is 1. The van der Waals surface area contributed by atoms with E-state index in [4.69, 9.17) is 5.73 Å². The standard InChI is InChI=1S/C18H21N3O2/c1-12-4-6-14(7-5-12)13(2)21(3)17(22)15-8-10-16(11-9-15)20-18(19)23/h4-11,13H,1-3H3,(H3,19,20,23). The Morgan fingerprint density at radius 2 is 1.61 bits per heavy atom. The normalized spacial score (nSPS) is 11.6. The van der Waals surface area contributed by atoms with Crippen molar-refractivity contribution in [3.63, 3.8) is 0 Å². The molecule has 3 N–H and O–H groups in total. The van der Waals surface area contributed by atoms with Gasteiger partial charge >= 0.3 is 6.03 Å². The number of amides is 3. The Hall–Kier alpha value is -2.82. The van der Waals surface area contributed by atoms with Crippen molar-refractivity contribution in [3.8, 4) is 0 Å². The van der Waals surface area contributed by atoms with Crippen molar-refractivity contribution in [1.82, 2.24) is 4.90 Å². The number of benzene rings is 2. The quantitative estimate of drug-likeness (QED) is 0.909. The van der Waals surface area contributed by atoms with E-state index in [2.05, 4.69) is 5.32 Å². The van der Waals surface area contributed by atoms with Crippen LogP contribution in [0, 0.1) is 6.92 Å². The van der Waals surface area contributed by atoms with Crippen LogP contribution in [0.1, 0.15) is 34.5 Å². The van der Waals surface area contributed by atoms with Crippen molar-refractivity contribution in [2.45, 2.75) is 19.9 Å². The molecule has 0 saturated carbocycles. The fourth-order valence-electron chi connectivity index (χ4n) is 2.29. The van der Waals surface area contributed by atoms with Crippen LogP contribution in [0.25, 0.3) is 0 Å². The lowest BCUT2D eigenvalue weighted by atomic mass is 10.0. The number of primary amides is 1. The number of rotatable bonds is 4. The number of carbonyl (C=O) groups is 2. The number of nitrogens with one attached hydrogen (secondary N) is 1. The zero-order valence-corrected chi connectivity index (χ0v) is 13.5. The van der Waals surface area contributed by atoms with E-state index in [-0.39, 0.29) is 11.9 Å². The molecule has 1 atom stereocenters. The molecule has 0 aromatic heterocycles. The highest BCUT2D eigenvalue weighted by Crippen LogP contribution is 2.21. The van der Waals surface area contributed by atoms with E-state index in [9.17, 15) is 9.59 Å². The highest BCUT2D eigenvalue weighted by atomic mass is 16.2. The van der Waals surface area contributed by atoms with Crippen molar-refractivity contribution in [2.24, 2.45) is 5.73 Å². The van der Waals surface area contributed by atoms with Gasteiger partial charge in [-0.2, -0.15) is 0 Å². The summed E-state index contributed by atoms with van der Waals surface area (Å²) < 4.78 is 0. The second-order valence-electron chi connectivity index (χ2n) is 5.57. The molecule has 2 aromatic carbocycles. The van der Waals surface area contributed by atoms with E-state index in [1.807, 2.05) is 38.1 Å². The van der Waals surface area contributed by atoms with Crippen molar-refractivity contribution in [2.75, 3.05) is 12.4 Å². The third-order valence-corrected chi connectivity index (χ3v) is 3.86. The Labute approximate surface area is 136 Å². The zero-order chi connectivity index (χ0) is 17.0. The number of nitrogens with zero attached hydrogens (tertiary/aromatic N) is 1. The molecule has 5 heteroatoms. The Kier molecular flexibility index (Phi) is 5.01. The van der Waals surface area contributed by atoms with Gasteiger partial charge < -0.3 is 16.0 Å². The van der Waals surface area contributed by atoms with Gasteiger partial charge in [0, 0.05) is 18.3 Å². The number of hydrogen-bond donors (Lipinski definition) is 2. The van der Waals surface area contributed by atoms with E-state index in [0.717, 1.165) is 5.56 Å². The second kappa shape index (κ2) is 6.96. The van der Waals surface area contributed by atoms with Gasteiger partial charge in [0.05, 0.1) is 6.04 Å². The van der Waals surface area contributed by atoms with E-state index < -0.39 is 6.03 Å². The highest BCUT2D eigenvalue weighted by molar-refractivity contribution is 5.95. The molecule has 0 spiro atoms. The molecular formula is C18H21N3O2. The molecule has 0 heterocycles. The predicted octanol–water partition coefficient (Wildman–Crippen LogP) is 3.32. The SMILES string of the molecule is Cc1ccc(C(C)N(C)C(=O)c2ccc(NC(N)=O)cc2)cc1. The molecule has 1 unspecified atom stereocenters. The van der Waals surface area contributed by atoms with Gasteiger partial charge in [-0.05, 0) is 43.7 Å². The van der Waals surface area contributed by atoms with E-state index in [1.165, 1.54) is 5.56 Å². The zero-order valence-electron chi connectivity index (χ0n) is 13.5. The van der Waals surface area contributed by atoms with Crippen LogP contribution in [0.4, 0.5) is 10.5 Å². The molecule has 0 fully saturated rings. The summed E-state index contributed by atoms with van der Waals surface area (Å²) in [6.45, 7) is 4.02. The number of urea groups is 1. The Morgan fingerprint density at radius 1 is 1.04 bits per heavy atom. The van der Waals surface area contributed by atoms with Crippen molar-refractivity contribution >= 4 is 17.6 Å². The summed E-state index contributed by atoms with van der Waals surface area (Å²) in [7, 11) is 1.78. The Morgan fingerprint density at radius 3 is 2.13 bits per heavy atom. The van der Waals surface area contributed by atoms with Crippen LogP contribution in [0.15, 0.2) is 48.5 Å². The predicted molar refractivity (Wildman–Crippen MR) is 91.3 cm³/mol.